The predicted molar refractivity (Wildman–Crippen MR) is 96.2 cm³/mol. The molecule has 6 nitrogen and oxygen atoms in total. The fourth-order valence-electron chi connectivity index (χ4n) is 5.49. The van der Waals surface area contributed by atoms with Crippen molar-refractivity contribution in [3.8, 4) is 0 Å². The van der Waals surface area contributed by atoms with Crippen LogP contribution < -0.4 is 10.6 Å². The Bertz CT molecular complexity index is 551. The zero-order valence-corrected chi connectivity index (χ0v) is 16.3. The smallest absolute Gasteiger partial charge is 0.321 e. The molecule has 140 valence electrons. The van der Waals surface area contributed by atoms with Gasteiger partial charge in [0.2, 0.25) is 0 Å². The number of rotatable bonds is 6. The topological polar surface area (TPSA) is 84.5 Å². The van der Waals surface area contributed by atoms with E-state index >= 15 is 0 Å². The van der Waals surface area contributed by atoms with Crippen LogP contribution in [0.3, 0.4) is 0 Å². The van der Waals surface area contributed by atoms with Crippen molar-refractivity contribution >= 4 is 33.8 Å². The first-order valence-corrected chi connectivity index (χ1v) is 10.0. The van der Waals surface area contributed by atoms with Gasteiger partial charge in [0.05, 0.1) is 6.42 Å². The molecular formula is C18H27BrN2O4. The summed E-state index contributed by atoms with van der Waals surface area (Å²) in [4.78, 5) is 35.4. The third-order valence-electron chi connectivity index (χ3n) is 5.78. The number of nitrogens with one attached hydrogen (secondary N) is 2. The van der Waals surface area contributed by atoms with Gasteiger partial charge in [-0.25, -0.2) is 4.79 Å². The number of carbonyl (C=O) groups is 3. The lowest BCUT2D eigenvalue weighted by molar-refractivity contribution is -0.154. The van der Waals surface area contributed by atoms with Crippen molar-refractivity contribution < 1.29 is 19.1 Å². The predicted octanol–water partition coefficient (Wildman–Crippen LogP) is 2.89. The van der Waals surface area contributed by atoms with Crippen LogP contribution in [-0.2, 0) is 14.3 Å². The molecule has 2 N–H and O–H groups in total. The summed E-state index contributed by atoms with van der Waals surface area (Å²) < 4.78 is 5.34. The van der Waals surface area contributed by atoms with E-state index in [0.29, 0.717) is 24.8 Å². The molecule has 0 radical (unpaired) electrons. The molecule has 0 aromatic carbocycles. The van der Waals surface area contributed by atoms with Crippen molar-refractivity contribution in [1.29, 1.82) is 0 Å². The summed E-state index contributed by atoms with van der Waals surface area (Å²) in [6.45, 7) is 2.02. The molecule has 4 aliphatic rings. The fourth-order valence-corrected chi connectivity index (χ4v) is 7.00. The highest BCUT2D eigenvalue weighted by atomic mass is 79.9. The zero-order chi connectivity index (χ0) is 18.1. The highest BCUT2D eigenvalue weighted by molar-refractivity contribution is 9.10. The number of amides is 3. The van der Waals surface area contributed by atoms with Crippen LogP contribution in [0.4, 0.5) is 4.79 Å². The average molecular weight is 415 g/mol. The van der Waals surface area contributed by atoms with Crippen LogP contribution in [0.25, 0.3) is 0 Å². The van der Waals surface area contributed by atoms with Gasteiger partial charge in [0.25, 0.3) is 5.91 Å². The average Bonchev–Trinajstić information content (AvgIpc) is 2.48. The maximum absolute atomic E-state index is 12.3. The summed E-state index contributed by atoms with van der Waals surface area (Å²) >= 11 is 3.93. The third-order valence-corrected chi connectivity index (χ3v) is 6.71. The minimum Gasteiger partial charge on any atom is -0.456 e. The Morgan fingerprint density at radius 1 is 1.16 bits per heavy atom. The van der Waals surface area contributed by atoms with Gasteiger partial charge < -0.3 is 10.1 Å². The van der Waals surface area contributed by atoms with E-state index in [9.17, 15) is 14.4 Å². The minimum absolute atomic E-state index is 0.0274. The quantitative estimate of drug-likeness (QED) is 0.516. The molecule has 0 saturated heterocycles. The second kappa shape index (κ2) is 7.25. The summed E-state index contributed by atoms with van der Waals surface area (Å²) in [6.07, 6.45) is 8.10. The van der Waals surface area contributed by atoms with Gasteiger partial charge in [0, 0.05) is 10.9 Å². The summed E-state index contributed by atoms with van der Waals surface area (Å²) in [7, 11) is 0. The Hall–Kier alpha value is -1.11. The molecule has 0 spiro atoms. The van der Waals surface area contributed by atoms with E-state index in [2.05, 4.69) is 26.6 Å². The molecule has 0 aromatic heterocycles. The zero-order valence-electron chi connectivity index (χ0n) is 14.7. The van der Waals surface area contributed by atoms with Crippen molar-refractivity contribution in [3.05, 3.63) is 0 Å². The first-order valence-electron chi connectivity index (χ1n) is 9.24. The number of alkyl halides is 1. The van der Waals surface area contributed by atoms with Crippen LogP contribution in [-0.4, -0.2) is 35.4 Å². The SMILES string of the molecule is CCCNC(=O)NC(=O)COC(=O)CC12C[C@@H]3C[C@@H](CC(Br)(C3)C1)C2. The second-order valence-electron chi connectivity index (χ2n) is 8.25. The first kappa shape index (κ1) is 18.7. The van der Waals surface area contributed by atoms with E-state index in [0.717, 1.165) is 25.7 Å². The lowest BCUT2D eigenvalue weighted by Gasteiger charge is -2.60. The molecule has 4 fully saturated rings. The van der Waals surface area contributed by atoms with E-state index in [-0.39, 0.29) is 15.7 Å². The van der Waals surface area contributed by atoms with Crippen molar-refractivity contribution in [2.45, 2.75) is 62.6 Å². The number of imide groups is 1. The van der Waals surface area contributed by atoms with Crippen LogP contribution in [0.2, 0.25) is 0 Å². The molecule has 4 aliphatic carbocycles. The maximum Gasteiger partial charge on any atom is 0.321 e. The van der Waals surface area contributed by atoms with Crippen molar-refractivity contribution in [3.63, 3.8) is 0 Å². The van der Waals surface area contributed by atoms with Crippen LogP contribution in [0.15, 0.2) is 0 Å². The van der Waals surface area contributed by atoms with E-state index in [1.165, 1.54) is 19.3 Å². The Balaban J connectivity index is 1.45. The standard InChI is InChI=1S/C18H27BrN2O4/c1-2-3-20-16(24)21-14(22)10-25-15(23)9-17-5-12-4-13(6-17)8-18(19,7-12)11-17/h12-13H,2-11H2,1H3,(H2,20,21,22,24)/t12-,13+,17?,18?. The molecule has 7 heteroatoms. The monoisotopic (exact) mass is 414 g/mol. The number of hydrogen-bond acceptors (Lipinski definition) is 4. The number of hydrogen-bond donors (Lipinski definition) is 2. The van der Waals surface area contributed by atoms with Gasteiger partial charge in [-0.05, 0) is 62.2 Å². The Morgan fingerprint density at radius 2 is 1.84 bits per heavy atom. The van der Waals surface area contributed by atoms with E-state index in [4.69, 9.17) is 4.74 Å². The molecule has 0 heterocycles. The Labute approximate surface area is 156 Å². The van der Waals surface area contributed by atoms with Crippen molar-refractivity contribution in [1.82, 2.24) is 10.6 Å². The molecule has 0 aromatic rings. The van der Waals surface area contributed by atoms with E-state index in [1.807, 2.05) is 6.92 Å². The lowest BCUT2D eigenvalue weighted by Crippen LogP contribution is -2.53. The van der Waals surface area contributed by atoms with Crippen molar-refractivity contribution in [2.75, 3.05) is 13.2 Å². The van der Waals surface area contributed by atoms with Gasteiger partial charge in [0.15, 0.2) is 6.61 Å². The van der Waals surface area contributed by atoms with Gasteiger partial charge in [-0.3, -0.25) is 14.9 Å². The number of carbonyl (C=O) groups excluding carboxylic acids is 3. The van der Waals surface area contributed by atoms with Gasteiger partial charge in [-0.15, -0.1) is 0 Å². The highest BCUT2D eigenvalue weighted by Gasteiger charge is 2.57. The third kappa shape index (κ3) is 4.54. The van der Waals surface area contributed by atoms with Crippen LogP contribution in [0.1, 0.15) is 58.3 Å². The highest BCUT2D eigenvalue weighted by Crippen LogP contribution is 2.65. The fraction of sp³-hybridized carbons (Fsp3) is 0.833. The molecule has 3 amide bonds. The summed E-state index contributed by atoms with van der Waals surface area (Å²) in [5, 5.41) is 4.70. The molecule has 4 bridgehead atoms. The number of ether oxygens (including phenoxy) is 1. The Morgan fingerprint density at radius 3 is 2.44 bits per heavy atom. The van der Waals surface area contributed by atoms with Crippen LogP contribution >= 0.6 is 15.9 Å². The van der Waals surface area contributed by atoms with Gasteiger partial charge in [0.1, 0.15) is 0 Å². The minimum atomic E-state index is -0.593. The largest absolute Gasteiger partial charge is 0.456 e. The number of halogens is 1. The van der Waals surface area contributed by atoms with Gasteiger partial charge in [-0.2, -0.15) is 0 Å². The summed E-state index contributed by atoms with van der Waals surface area (Å²) in [6, 6.07) is -0.551. The lowest BCUT2D eigenvalue weighted by atomic mass is 9.49. The molecule has 0 aliphatic heterocycles. The van der Waals surface area contributed by atoms with E-state index < -0.39 is 18.5 Å². The molecule has 4 atom stereocenters. The maximum atomic E-state index is 12.3. The van der Waals surface area contributed by atoms with Crippen LogP contribution in [0.5, 0.6) is 0 Å². The van der Waals surface area contributed by atoms with Crippen molar-refractivity contribution in [2.24, 2.45) is 17.3 Å². The van der Waals surface area contributed by atoms with Gasteiger partial charge in [-0.1, -0.05) is 22.9 Å². The normalized spacial score (nSPS) is 35.3. The first-order chi connectivity index (χ1) is 11.8. The number of esters is 1. The molecule has 4 saturated carbocycles. The molecule has 2 unspecified atom stereocenters. The van der Waals surface area contributed by atoms with E-state index in [1.54, 1.807) is 0 Å². The second-order valence-corrected chi connectivity index (χ2v) is 9.94. The summed E-state index contributed by atoms with van der Waals surface area (Å²) in [5.74, 6) is 0.490. The number of urea groups is 1. The molecule has 4 rings (SSSR count). The van der Waals surface area contributed by atoms with Gasteiger partial charge >= 0.3 is 12.0 Å². The summed E-state index contributed by atoms with van der Waals surface area (Å²) in [5.41, 5.74) is 0.0274. The van der Waals surface area contributed by atoms with Crippen LogP contribution in [0, 0.1) is 17.3 Å². The Kier molecular flexibility index (Phi) is 5.42. The molecule has 25 heavy (non-hydrogen) atoms. The molecular weight excluding hydrogens is 388 g/mol.